The fourth-order valence-corrected chi connectivity index (χ4v) is 2.44. The molecule has 0 aliphatic carbocycles. The summed E-state index contributed by atoms with van der Waals surface area (Å²) in [6.45, 7) is 0.403. The van der Waals surface area contributed by atoms with E-state index in [1.165, 1.54) is 12.1 Å². The second kappa shape index (κ2) is 6.98. The summed E-state index contributed by atoms with van der Waals surface area (Å²) in [5.74, 6) is -0.913. The van der Waals surface area contributed by atoms with Gasteiger partial charge in [-0.3, -0.25) is 4.21 Å². The predicted molar refractivity (Wildman–Crippen MR) is 75.9 cm³/mol. The topological polar surface area (TPSA) is 63.6 Å². The number of benzene rings is 2. The summed E-state index contributed by atoms with van der Waals surface area (Å²) in [5.41, 5.74) is 1.20. The standard InChI is InChI=1S/C15H14O4S/c16-15(17)13-6-8-14(9-7-13)20(18)11-19-10-12-4-2-1-3-5-12/h1-9H,10-11H2,(H,16,17). The maximum Gasteiger partial charge on any atom is 0.335 e. The van der Waals surface area contributed by atoms with Crippen molar-refractivity contribution in [3.8, 4) is 0 Å². The van der Waals surface area contributed by atoms with Crippen LogP contribution in [0.25, 0.3) is 0 Å². The van der Waals surface area contributed by atoms with Gasteiger partial charge in [0.25, 0.3) is 0 Å². The summed E-state index contributed by atoms with van der Waals surface area (Å²) in [4.78, 5) is 11.3. The summed E-state index contributed by atoms with van der Waals surface area (Å²) >= 11 is 0. The van der Waals surface area contributed by atoms with Crippen LogP contribution in [0.15, 0.2) is 59.5 Å². The summed E-state index contributed by atoms with van der Waals surface area (Å²) < 4.78 is 17.4. The number of rotatable bonds is 6. The Bertz CT molecular complexity index is 593. The highest BCUT2D eigenvalue weighted by molar-refractivity contribution is 7.84. The van der Waals surface area contributed by atoms with Gasteiger partial charge in [-0.25, -0.2) is 4.79 Å². The molecule has 2 aromatic rings. The van der Waals surface area contributed by atoms with E-state index in [-0.39, 0.29) is 11.5 Å². The van der Waals surface area contributed by atoms with Gasteiger partial charge in [-0.15, -0.1) is 0 Å². The van der Waals surface area contributed by atoms with Gasteiger partial charge in [-0.2, -0.15) is 0 Å². The molecule has 0 aliphatic heterocycles. The van der Waals surface area contributed by atoms with E-state index in [1.54, 1.807) is 12.1 Å². The number of aromatic carboxylic acids is 1. The lowest BCUT2D eigenvalue weighted by Crippen LogP contribution is -2.04. The molecule has 1 N–H and O–H groups in total. The van der Waals surface area contributed by atoms with Crippen molar-refractivity contribution in [3.63, 3.8) is 0 Å². The maximum atomic E-state index is 12.0. The van der Waals surface area contributed by atoms with E-state index in [2.05, 4.69) is 0 Å². The Morgan fingerprint density at radius 3 is 2.30 bits per heavy atom. The van der Waals surface area contributed by atoms with Gasteiger partial charge in [0.2, 0.25) is 0 Å². The average Bonchev–Trinajstić information content (AvgIpc) is 2.48. The third kappa shape index (κ3) is 4.01. The van der Waals surface area contributed by atoms with Gasteiger partial charge in [0.05, 0.1) is 23.0 Å². The van der Waals surface area contributed by atoms with E-state index in [1.807, 2.05) is 30.3 Å². The summed E-state index contributed by atoms with van der Waals surface area (Å²) in [7, 11) is -1.29. The molecule has 4 nitrogen and oxygen atoms in total. The number of carboxylic acid groups (broad SMARTS) is 1. The lowest BCUT2D eigenvalue weighted by Gasteiger charge is -2.05. The molecule has 0 saturated carbocycles. The molecule has 0 saturated heterocycles. The van der Waals surface area contributed by atoms with E-state index in [0.29, 0.717) is 11.5 Å². The van der Waals surface area contributed by atoms with Crippen LogP contribution in [0.1, 0.15) is 15.9 Å². The zero-order valence-corrected chi connectivity index (χ0v) is 11.5. The lowest BCUT2D eigenvalue weighted by atomic mass is 10.2. The normalized spacial score (nSPS) is 12.0. The highest BCUT2D eigenvalue weighted by atomic mass is 32.2. The Kier molecular flexibility index (Phi) is 5.03. The fraction of sp³-hybridized carbons (Fsp3) is 0.133. The number of hydrogen-bond donors (Lipinski definition) is 1. The molecule has 0 aromatic heterocycles. The van der Waals surface area contributed by atoms with Crippen LogP contribution in [-0.4, -0.2) is 21.2 Å². The molecular formula is C15H14O4S. The molecule has 20 heavy (non-hydrogen) atoms. The van der Waals surface area contributed by atoms with Crippen molar-refractivity contribution in [1.82, 2.24) is 0 Å². The number of ether oxygens (including phenoxy) is 1. The second-order valence-electron chi connectivity index (χ2n) is 4.13. The van der Waals surface area contributed by atoms with E-state index in [0.717, 1.165) is 5.56 Å². The van der Waals surface area contributed by atoms with Crippen LogP contribution >= 0.6 is 0 Å². The third-order valence-electron chi connectivity index (χ3n) is 2.67. The molecule has 2 aromatic carbocycles. The van der Waals surface area contributed by atoms with Crippen LogP contribution < -0.4 is 0 Å². The molecule has 1 unspecified atom stereocenters. The maximum absolute atomic E-state index is 12.0. The second-order valence-corrected chi connectivity index (χ2v) is 5.53. The van der Waals surface area contributed by atoms with Crippen molar-refractivity contribution in [2.75, 3.05) is 5.94 Å². The molecule has 0 amide bonds. The minimum atomic E-state index is -1.29. The fourth-order valence-electron chi connectivity index (χ4n) is 1.63. The summed E-state index contributed by atoms with van der Waals surface area (Å²) in [6, 6.07) is 15.6. The SMILES string of the molecule is O=C(O)c1ccc(S(=O)COCc2ccccc2)cc1. The number of hydrogen-bond acceptors (Lipinski definition) is 3. The Hall–Kier alpha value is -1.98. The van der Waals surface area contributed by atoms with Crippen molar-refractivity contribution in [3.05, 3.63) is 65.7 Å². The van der Waals surface area contributed by atoms with Crippen LogP contribution in [-0.2, 0) is 22.1 Å². The molecule has 2 rings (SSSR count). The molecule has 0 heterocycles. The minimum absolute atomic E-state index is 0.0846. The quantitative estimate of drug-likeness (QED) is 0.888. The Morgan fingerprint density at radius 1 is 1.05 bits per heavy atom. The van der Waals surface area contributed by atoms with Gasteiger partial charge in [0, 0.05) is 4.90 Å². The molecule has 0 spiro atoms. The van der Waals surface area contributed by atoms with Crippen LogP contribution in [0.4, 0.5) is 0 Å². The first kappa shape index (κ1) is 14.4. The highest BCUT2D eigenvalue weighted by Crippen LogP contribution is 2.10. The van der Waals surface area contributed by atoms with Crippen molar-refractivity contribution in [1.29, 1.82) is 0 Å². The van der Waals surface area contributed by atoms with E-state index >= 15 is 0 Å². The smallest absolute Gasteiger partial charge is 0.335 e. The van der Waals surface area contributed by atoms with Gasteiger partial charge in [0.1, 0.15) is 5.94 Å². The van der Waals surface area contributed by atoms with Crippen LogP contribution in [0, 0.1) is 0 Å². The van der Waals surface area contributed by atoms with Gasteiger partial charge >= 0.3 is 5.97 Å². The summed E-state index contributed by atoms with van der Waals surface area (Å²) in [6.07, 6.45) is 0. The first-order chi connectivity index (χ1) is 9.66. The number of carbonyl (C=O) groups is 1. The van der Waals surface area contributed by atoms with Gasteiger partial charge in [-0.05, 0) is 29.8 Å². The Labute approximate surface area is 119 Å². The molecule has 0 fully saturated rings. The zero-order chi connectivity index (χ0) is 14.4. The van der Waals surface area contributed by atoms with E-state index < -0.39 is 16.8 Å². The molecule has 0 bridgehead atoms. The van der Waals surface area contributed by atoms with Crippen LogP contribution in [0.5, 0.6) is 0 Å². The monoisotopic (exact) mass is 290 g/mol. The molecule has 104 valence electrons. The first-order valence-electron chi connectivity index (χ1n) is 6.00. The predicted octanol–water partition coefficient (Wildman–Crippen LogP) is 2.67. The lowest BCUT2D eigenvalue weighted by molar-refractivity contribution is 0.0697. The molecule has 5 heteroatoms. The van der Waals surface area contributed by atoms with E-state index in [9.17, 15) is 9.00 Å². The zero-order valence-electron chi connectivity index (χ0n) is 10.7. The van der Waals surface area contributed by atoms with Crippen molar-refractivity contribution < 1.29 is 18.8 Å². The van der Waals surface area contributed by atoms with Crippen molar-refractivity contribution >= 4 is 16.8 Å². The molecule has 0 radical (unpaired) electrons. The van der Waals surface area contributed by atoms with Gasteiger partial charge < -0.3 is 9.84 Å². The Balaban J connectivity index is 1.87. The largest absolute Gasteiger partial charge is 0.478 e. The highest BCUT2D eigenvalue weighted by Gasteiger charge is 2.06. The summed E-state index contributed by atoms with van der Waals surface area (Å²) in [5, 5.41) is 8.78. The van der Waals surface area contributed by atoms with Gasteiger partial charge in [0.15, 0.2) is 0 Å². The van der Waals surface area contributed by atoms with Crippen molar-refractivity contribution in [2.24, 2.45) is 0 Å². The third-order valence-corrected chi connectivity index (χ3v) is 3.84. The Morgan fingerprint density at radius 2 is 1.70 bits per heavy atom. The minimum Gasteiger partial charge on any atom is -0.478 e. The number of carboxylic acids is 1. The van der Waals surface area contributed by atoms with Gasteiger partial charge in [-0.1, -0.05) is 30.3 Å². The van der Waals surface area contributed by atoms with Crippen LogP contribution in [0.2, 0.25) is 0 Å². The molecule has 0 aliphatic rings. The van der Waals surface area contributed by atoms with E-state index in [4.69, 9.17) is 9.84 Å². The van der Waals surface area contributed by atoms with Crippen molar-refractivity contribution in [2.45, 2.75) is 11.5 Å². The van der Waals surface area contributed by atoms with Crippen LogP contribution in [0.3, 0.4) is 0 Å². The average molecular weight is 290 g/mol. The molecule has 1 atom stereocenters. The first-order valence-corrected chi connectivity index (χ1v) is 7.32. The molecular weight excluding hydrogens is 276 g/mol.